The van der Waals surface area contributed by atoms with Gasteiger partial charge in [0.2, 0.25) is 0 Å². The van der Waals surface area contributed by atoms with Gasteiger partial charge >= 0.3 is 0 Å². The summed E-state index contributed by atoms with van der Waals surface area (Å²) in [6.07, 6.45) is -0.489. The molecule has 0 aliphatic carbocycles. The van der Waals surface area contributed by atoms with Crippen LogP contribution in [0.5, 0.6) is 0 Å². The molecule has 0 radical (unpaired) electrons. The largest absolute Gasteiger partial charge is 0.395 e. The van der Waals surface area contributed by atoms with Gasteiger partial charge in [-0.2, -0.15) is 0 Å². The predicted octanol–water partition coefficient (Wildman–Crippen LogP) is 1.39. The molecule has 4 heteroatoms. The third-order valence-electron chi connectivity index (χ3n) is 2.38. The fourth-order valence-electron chi connectivity index (χ4n) is 1.58. The van der Waals surface area contributed by atoms with Crippen molar-refractivity contribution in [3.63, 3.8) is 0 Å². The predicted molar refractivity (Wildman–Crippen MR) is 63.0 cm³/mol. The first-order valence-electron chi connectivity index (χ1n) is 5.22. The van der Waals surface area contributed by atoms with E-state index in [4.69, 9.17) is 5.11 Å². The van der Waals surface area contributed by atoms with E-state index < -0.39 is 6.10 Å². The lowest BCUT2D eigenvalue weighted by atomic mass is 9.97. The average Bonchev–Trinajstić information content (AvgIpc) is 2.70. The highest BCUT2D eigenvalue weighted by molar-refractivity contribution is 7.10. The average molecular weight is 229 g/mol. The molecule has 2 unspecified atom stereocenters. The van der Waals surface area contributed by atoms with Gasteiger partial charge in [0.25, 0.3) is 0 Å². The first-order valence-corrected chi connectivity index (χ1v) is 6.10. The molecule has 0 aliphatic heterocycles. The summed E-state index contributed by atoms with van der Waals surface area (Å²) >= 11 is 1.56. The highest BCUT2D eigenvalue weighted by Crippen LogP contribution is 2.25. The van der Waals surface area contributed by atoms with Crippen LogP contribution in [0.15, 0.2) is 17.5 Å². The number of hydrogen-bond donors (Lipinski definition) is 3. The minimum atomic E-state index is -0.489. The van der Waals surface area contributed by atoms with E-state index in [1.54, 1.807) is 11.3 Å². The maximum Gasteiger partial charge on any atom is 0.104 e. The Morgan fingerprint density at radius 1 is 1.47 bits per heavy atom. The standard InChI is InChI=1S/C11H19NO2S/c1-8(2)10(12-5-6-13)11(14)9-4-3-7-15-9/h3-4,7-8,10-14H,5-6H2,1-2H3. The van der Waals surface area contributed by atoms with Crippen molar-refractivity contribution in [3.8, 4) is 0 Å². The molecule has 1 aromatic rings. The Balaban J connectivity index is 2.63. The number of thiophene rings is 1. The molecule has 0 saturated carbocycles. The topological polar surface area (TPSA) is 52.5 Å². The maximum atomic E-state index is 10.1. The minimum Gasteiger partial charge on any atom is -0.395 e. The molecule has 1 aromatic heterocycles. The monoisotopic (exact) mass is 229 g/mol. The van der Waals surface area contributed by atoms with Gasteiger partial charge in [-0.3, -0.25) is 0 Å². The van der Waals surface area contributed by atoms with Crippen molar-refractivity contribution in [2.24, 2.45) is 5.92 Å². The molecule has 3 nitrogen and oxygen atoms in total. The van der Waals surface area contributed by atoms with Gasteiger partial charge in [0.05, 0.1) is 6.61 Å². The van der Waals surface area contributed by atoms with Gasteiger partial charge in [0, 0.05) is 17.5 Å². The molecule has 0 spiro atoms. The molecule has 0 saturated heterocycles. The van der Waals surface area contributed by atoms with E-state index in [1.807, 2.05) is 17.5 Å². The van der Waals surface area contributed by atoms with Crippen LogP contribution in [-0.4, -0.2) is 29.4 Å². The molecule has 2 atom stereocenters. The van der Waals surface area contributed by atoms with E-state index >= 15 is 0 Å². The van der Waals surface area contributed by atoms with Crippen LogP contribution in [0.25, 0.3) is 0 Å². The van der Waals surface area contributed by atoms with Crippen LogP contribution in [0, 0.1) is 5.92 Å². The van der Waals surface area contributed by atoms with Crippen LogP contribution in [-0.2, 0) is 0 Å². The molecule has 0 bridgehead atoms. The zero-order chi connectivity index (χ0) is 11.3. The summed E-state index contributed by atoms with van der Waals surface area (Å²) in [6, 6.07) is 3.87. The van der Waals surface area contributed by atoms with Gasteiger partial charge < -0.3 is 15.5 Å². The van der Waals surface area contributed by atoms with Crippen molar-refractivity contribution in [1.29, 1.82) is 0 Å². The van der Waals surface area contributed by atoms with Crippen LogP contribution in [0.1, 0.15) is 24.8 Å². The van der Waals surface area contributed by atoms with Crippen LogP contribution in [0.2, 0.25) is 0 Å². The van der Waals surface area contributed by atoms with Crippen molar-refractivity contribution in [3.05, 3.63) is 22.4 Å². The molecule has 1 rings (SSSR count). The highest BCUT2D eigenvalue weighted by Gasteiger charge is 2.23. The van der Waals surface area contributed by atoms with Crippen molar-refractivity contribution >= 4 is 11.3 Å². The molecule has 0 aromatic carbocycles. The number of hydrogen-bond acceptors (Lipinski definition) is 4. The van der Waals surface area contributed by atoms with Gasteiger partial charge in [0.15, 0.2) is 0 Å². The first-order chi connectivity index (χ1) is 7.16. The second-order valence-corrected chi connectivity index (χ2v) is 4.89. The van der Waals surface area contributed by atoms with E-state index in [-0.39, 0.29) is 12.6 Å². The van der Waals surface area contributed by atoms with E-state index in [2.05, 4.69) is 19.2 Å². The summed E-state index contributed by atoms with van der Waals surface area (Å²) in [4.78, 5) is 0.971. The van der Waals surface area contributed by atoms with Gasteiger partial charge in [-0.1, -0.05) is 19.9 Å². The van der Waals surface area contributed by atoms with E-state index in [0.717, 1.165) is 4.88 Å². The summed E-state index contributed by atoms with van der Waals surface area (Å²) < 4.78 is 0. The number of aliphatic hydroxyl groups excluding tert-OH is 2. The van der Waals surface area contributed by atoms with E-state index in [1.165, 1.54) is 0 Å². The Hall–Kier alpha value is -0.420. The normalized spacial score (nSPS) is 15.5. The Morgan fingerprint density at radius 3 is 2.67 bits per heavy atom. The Bertz CT molecular complexity index is 262. The van der Waals surface area contributed by atoms with E-state index in [9.17, 15) is 5.11 Å². The molecule has 0 fully saturated rings. The molecule has 1 heterocycles. The summed E-state index contributed by atoms with van der Waals surface area (Å²) in [5.41, 5.74) is 0. The molecule has 0 amide bonds. The smallest absolute Gasteiger partial charge is 0.104 e. The fourth-order valence-corrected chi connectivity index (χ4v) is 2.34. The van der Waals surface area contributed by atoms with Crippen LogP contribution >= 0.6 is 11.3 Å². The Morgan fingerprint density at radius 2 is 2.20 bits per heavy atom. The van der Waals surface area contributed by atoms with Gasteiger partial charge in [-0.05, 0) is 17.4 Å². The third-order valence-corrected chi connectivity index (χ3v) is 3.33. The van der Waals surface area contributed by atoms with Crippen LogP contribution in [0.3, 0.4) is 0 Å². The zero-order valence-corrected chi connectivity index (χ0v) is 10.00. The SMILES string of the molecule is CC(C)C(NCCO)C(O)c1cccs1. The van der Waals surface area contributed by atoms with Crippen molar-refractivity contribution in [2.75, 3.05) is 13.2 Å². The van der Waals surface area contributed by atoms with Gasteiger partial charge in [0.1, 0.15) is 6.10 Å². The minimum absolute atomic E-state index is 0.00389. The maximum absolute atomic E-state index is 10.1. The summed E-state index contributed by atoms with van der Waals surface area (Å²) in [7, 11) is 0. The van der Waals surface area contributed by atoms with Crippen molar-refractivity contribution in [1.82, 2.24) is 5.32 Å². The molecule has 86 valence electrons. The summed E-state index contributed by atoms with van der Waals surface area (Å²) in [5, 5.41) is 24.0. The molecule has 0 aliphatic rings. The Labute approximate surface area is 94.8 Å². The fraction of sp³-hybridized carbons (Fsp3) is 0.636. The quantitative estimate of drug-likeness (QED) is 0.691. The highest BCUT2D eigenvalue weighted by atomic mass is 32.1. The lowest BCUT2D eigenvalue weighted by Gasteiger charge is -2.26. The van der Waals surface area contributed by atoms with E-state index in [0.29, 0.717) is 12.5 Å². The zero-order valence-electron chi connectivity index (χ0n) is 9.18. The summed E-state index contributed by atoms with van der Waals surface area (Å²) in [5.74, 6) is 0.327. The second-order valence-electron chi connectivity index (χ2n) is 3.91. The molecule has 3 N–H and O–H groups in total. The lowest BCUT2D eigenvalue weighted by Crippen LogP contribution is -2.40. The van der Waals surface area contributed by atoms with Crippen LogP contribution < -0.4 is 5.32 Å². The molecular weight excluding hydrogens is 210 g/mol. The van der Waals surface area contributed by atoms with Crippen molar-refractivity contribution in [2.45, 2.75) is 26.0 Å². The van der Waals surface area contributed by atoms with Crippen molar-refractivity contribution < 1.29 is 10.2 Å². The number of aliphatic hydroxyl groups is 2. The number of nitrogens with one attached hydrogen (secondary N) is 1. The molecular formula is C11H19NO2S. The second kappa shape index (κ2) is 6.23. The van der Waals surface area contributed by atoms with Crippen LogP contribution in [0.4, 0.5) is 0 Å². The van der Waals surface area contributed by atoms with Gasteiger partial charge in [-0.25, -0.2) is 0 Å². The number of rotatable bonds is 6. The summed E-state index contributed by atoms with van der Waals surface area (Å²) in [6.45, 7) is 4.74. The third kappa shape index (κ3) is 3.57. The Kier molecular flexibility index (Phi) is 5.25. The molecule has 15 heavy (non-hydrogen) atoms. The lowest BCUT2D eigenvalue weighted by molar-refractivity contribution is 0.105. The first kappa shape index (κ1) is 12.6. The van der Waals surface area contributed by atoms with Gasteiger partial charge in [-0.15, -0.1) is 11.3 Å².